The quantitative estimate of drug-likeness (QED) is 0.171. The summed E-state index contributed by atoms with van der Waals surface area (Å²) >= 11 is 0. The van der Waals surface area contributed by atoms with Gasteiger partial charge in [0.15, 0.2) is 0 Å². The maximum absolute atomic E-state index is 3.90. The minimum atomic E-state index is -0.0494. The zero-order valence-electron chi connectivity index (χ0n) is 34.1. The summed E-state index contributed by atoms with van der Waals surface area (Å²) in [5.41, 5.74) is 12.0. The van der Waals surface area contributed by atoms with E-state index >= 15 is 0 Å². The van der Waals surface area contributed by atoms with Crippen LogP contribution >= 0.6 is 0 Å². The van der Waals surface area contributed by atoms with Crippen LogP contribution in [0.2, 0.25) is 0 Å². The van der Waals surface area contributed by atoms with E-state index < -0.39 is 0 Å². The molecule has 1 N–H and O–H groups in total. The summed E-state index contributed by atoms with van der Waals surface area (Å²) in [6, 6.07) is 62.8. The summed E-state index contributed by atoms with van der Waals surface area (Å²) in [4.78, 5) is 2.47. The van der Waals surface area contributed by atoms with Crippen LogP contribution in [0.25, 0.3) is 54.2 Å². The van der Waals surface area contributed by atoms with E-state index in [0.29, 0.717) is 0 Å². The van der Waals surface area contributed by atoms with Crippen LogP contribution in [0.15, 0.2) is 170 Å². The van der Waals surface area contributed by atoms with Gasteiger partial charge in [0.05, 0.1) is 11.4 Å². The second-order valence-electron chi connectivity index (χ2n) is 17.6. The zero-order chi connectivity index (χ0) is 39.5. The molecule has 0 fully saturated rings. The second-order valence-corrected chi connectivity index (χ2v) is 17.6. The molecule has 2 nitrogen and oxygen atoms in total. The fourth-order valence-electron chi connectivity index (χ4n) is 8.53. The van der Waals surface area contributed by atoms with Crippen molar-refractivity contribution in [2.75, 3.05) is 10.2 Å². The first-order chi connectivity index (χ1) is 27.5. The van der Waals surface area contributed by atoms with Gasteiger partial charge in [0.25, 0.3) is 0 Å². The fraction of sp³-hybridized carbons (Fsp3) is 0.164. The number of fused-ring (bicyclic) bond motifs is 4. The molecule has 2 heteroatoms. The van der Waals surface area contributed by atoms with E-state index in [1.54, 1.807) is 0 Å². The van der Waals surface area contributed by atoms with E-state index in [9.17, 15) is 0 Å². The number of hydrogen-bond acceptors (Lipinski definition) is 2. The molecule has 0 unspecified atom stereocenters. The van der Waals surface area contributed by atoms with Gasteiger partial charge in [-0.2, -0.15) is 0 Å². The number of rotatable bonds is 6. The molecule has 9 aromatic rings. The molecule has 0 amide bonds. The predicted molar refractivity (Wildman–Crippen MR) is 248 cm³/mol. The number of nitrogens with zero attached hydrogens (tertiary/aromatic N) is 1. The topological polar surface area (TPSA) is 15.3 Å². The van der Waals surface area contributed by atoms with Crippen molar-refractivity contribution in [3.63, 3.8) is 0 Å². The van der Waals surface area contributed by atoms with Crippen molar-refractivity contribution < 1.29 is 0 Å². The van der Waals surface area contributed by atoms with Gasteiger partial charge in [-0.15, -0.1) is 0 Å². The first-order valence-corrected chi connectivity index (χ1v) is 20.2. The van der Waals surface area contributed by atoms with Gasteiger partial charge < -0.3 is 10.2 Å². The third-order valence-electron chi connectivity index (χ3n) is 11.6. The fourth-order valence-corrected chi connectivity index (χ4v) is 8.53. The molecule has 0 aliphatic carbocycles. The number of benzene rings is 9. The second kappa shape index (κ2) is 14.0. The molecule has 0 spiro atoms. The molecule has 9 rings (SSSR count). The van der Waals surface area contributed by atoms with Crippen LogP contribution in [0.4, 0.5) is 28.4 Å². The van der Waals surface area contributed by atoms with Crippen LogP contribution in [-0.2, 0) is 10.8 Å². The number of anilines is 5. The van der Waals surface area contributed by atoms with Crippen LogP contribution < -0.4 is 10.2 Å². The molecule has 0 saturated carbocycles. The van der Waals surface area contributed by atoms with Gasteiger partial charge in [-0.05, 0) is 110 Å². The molecule has 280 valence electrons. The average Bonchev–Trinajstić information content (AvgIpc) is 3.21. The lowest BCUT2D eigenvalue weighted by molar-refractivity contribution is 0.591. The van der Waals surface area contributed by atoms with E-state index in [4.69, 9.17) is 0 Å². The molecule has 0 aromatic heterocycles. The van der Waals surface area contributed by atoms with Gasteiger partial charge in [0, 0.05) is 38.6 Å². The summed E-state index contributed by atoms with van der Waals surface area (Å²) in [6.45, 7) is 16.0. The highest BCUT2D eigenvalue weighted by Crippen LogP contribution is 2.52. The van der Waals surface area contributed by atoms with Crippen molar-refractivity contribution in [3.8, 4) is 11.1 Å². The lowest BCUT2D eigenvalue weighted by Crippen LogP contribution is -2.13. The van der Waals surface area contributed by atoms with E-state index in [2.05, 4.69) is 229 Å². The molecular weight excluding hydrogens is 689 g/mol. The van der Waals surface area contributed by atoms with E-state index in [1.165, 1.54) is 76.6 Å². The Hall–Kier alpha value is -6.38. The first-order valence-electron chi connectivity index (χ1n) is 20.2. The van der Waals surface area contributed by atoms with Crippen molar-refractivity contribution in [2.24, 2.45) is 0 Å². The minimum Gasteiger partial charge on any atom is -0.355 e. The third-order valence-corrected chi connectivity index (χ3v) is 11.6. The third kappa shape index (κ3) is 6.50. The number of nitrogens with one attached hydrogen (secondary N) is 1. The number of aryl methyl sites for hydroxylation is 1. The lowest BCUT2D eigenvalue weighted by atomic mass is 9.80. The number of para-hydroxylation sites is 2. The molecule has 0 bridgehead atoms. The Kier molecular flexibility index (Phi) is 8.89. The van der Waals surface area contributed by atoms with Crippen LogP contribution in [0.3, 0.4) is 0 Å². The molecule has 0 atom stereocenters. The predicted octanol–water partition coefficient (Wildman–Crippen LogP) is 16.1. The molecule has 0 radical (unpaired) electrons. The van der Waals surface area contributed by atoms with Crippen molar-refractivity contribution in [1.82, 2.24) is 0 Å². The van der Waals surface area contributed by atoms with Gasteiger partial charge in [-0.25, -0.2) is 0 Å². The van der Waals surface area contributed by atoms with Crippen molar-refractivity contribution in [1.29, 1.82) is 0 Å². The van der Waals surface area contributed by atoms with Gasteiger partial charge >= 0.3 is 0 Å². The molecule has 0 aliphatic heterocycles. The van der Waals surface area contributed by atoms with Crippen molar-refractivity contribution in [3.05, 3.63) is 187 Å². The molecule has 0 saturated heterocycles. The van der Waals surface area contributed by atoms with Gasteiger partial charge in [-0.3, -0.25) is 0 Å². The highest BCUT2D eigenvalue weighted by Gasteiger charge is 2.27. The van der Waals surface area contributed by atoms with Gasteiger partial charge in [0.1, 0.15) is 0 Å². The Morgan fingerprint density at radius 2 is 0.825 bits per heavy atom. The Balaban J connectivity index is 1.47. The highest BCUT2D eigenvalue weighted by atomic mass is 15.1. The number of hydrogen-bond donors (Lipinski definition) is 1. The molecule has 0 heterocycles. The summed E-state index contributed by atoms with van der Waals surface area (Å²) in [6.07, 6.45) is 0. The highest BCUT2D eigenvalue weighted by molar-refractivity contribution is 6.30. The normalized spacial score (nSPS) is 12.1. The van der Waals surface area contributed by atoms with Gasteiger partial charge in [0.2, 0.25) is 0 Å². The Morgan fingerprint density at radius 1 is 0.386 bits per heavy atom. The maximum atomic E-state index is 3.90. The molecular formula is C55H50N2. The zero-order valence-corrected chi connectivity index (χ0v) is 34.1. The molecule has 0 aliphatic rings. The Morgan fingerprint density at radius 3 is 1.40 bits per heavy atom. The Bertz CT molecular complexity index is 2930. The lowest BCUT2D eigenvalue weighted by Gasteiger charge is -2.31. The van der Waals surface area contributed by atoms with Crippen LogP contribution in [-0.4, -0.2) is 0 Å². The largest absolute Gasteiger partial charge is 0.355 e. The first kappa shape index (κ1) is 36.3. The monoisotopic (exact) mass is 738 g/mol. The summed E-state index contributed by atoms with van der Waals surface area (Å²) in [7, 11) is 0. The minimum absolute atomic E-state index is 0.0225. The summed E-state index contributed by atoms with van der Waals surface area (Å²) < 4.78 is 0. The average molecular weight is 739 g/mol. The van der Waals surface area contributed by atoms with Crippen molar-refractivity contribution >= 4 is 71.5 Å². The summed E-state index contributed by atoms with van der Waals surface area (Å²) in [5, 5.41) is 13.7. The van der Waals surface area contributed by atoms with Gasteiger partial charge in [-0.1, -0.05) is 168 Å². The van der Waals surface area contributed by atoms with Crippen LogP contribution in [0.1, 0.15) is 58.2 Å². The van der Waals surface area contributed by atoms with E-state index in [1.807, 2.05) is 0 Å². The molecule has 9 aromatic carbocycles. The van der Waals surface area contributed by atoms with E-state index in [-0.39, 0.29) is 10.8 Å². The summed E-state index contributed by atoms with van der Waals surface area (Å²) in [5.74, 6) is 0. The molecule has 57 heavy (non-hydrogen) atoms. The standard InChI is InChI=1S/C55H50N2/c1-36-26-30-41(31-27-36)57(40-20-12-9-13-21-40)53-47-25-17-15-23-43(47)51(45-33-29-38(35-49(45)53)55(5,6)7)50-42-22-14-16-24-46(42)52(56-39-18-10-8-11-19-39)48-34-37(54(2,3)4)28-32-44(48)50/h8-35,56H,1-7H3. The van der Waals surface area contributed by atoms with E-state index in [0.717, 1.165) is 22.7 Å². The van der Waals surface area contributed by atoms with Crippen LogP contribution in [0.5, 0.6) is 0 Å². The smallest absolute Gasteiger partial charge is 0.0618 e. The SMILES string of the molecule is Cc1ccc(N(c2ccccc2)c2c3ccccc3c(-c3c4ccccc4c(Nc4ccccc4)c4cc(C(C)(C)C)ccc34)c3ccc(C(C)(C)C)cc23)cc1. The maximum Gasteiger partial charge on any atom is 0.0618 e. The Labute approximate surface area is 337 Å². The van der Waals surface area contributed by atoms with Crippen molar-refractivity contribution in [2.45, 2.75) is 59.3 Å². The van der Waals surface area contributed by atoms with Crippen LogP contribution in [0, 0.1) is 6.92 Å².